The molecule has 0 spiro atoms. The Morgan fingerprint density at radius 2 is 1.39 bits per heavy atom. The molecule has 0 aromatic heterocycles. The number of aliphatic carboxylic acids is 1. The highest BCUT2D eigenvalue weighted by Crippen LogP contribution is 2.49. The van der Waals surface area contributed by atoms with Crippen LogP contribution in [0, 0.1) is 17.8 Å². The summed E-state index contributed by atoms with van der Waals surface area (Å²) in [7, 11) is 0. The molecule has 1 saturated heterocycles. The monoisotopic (exact) mass is 471 g/mol. The van der Waals surface area contributed by atoms with Crippen molar-refractivity contribution in [3.8, 4) is 0 Å². The van der Waals surface area contributed by atoms with Crippen molar-refractivity contribution in [2.75, 3.05) is 13.1 Å². The Labute approximate surface area is 187 Å². The molecule has 2 aromatic carbocycles. The maximum atomic E-state index is 12.9. The number of likely N-dealkylation sites (tertiary alicyclic amines) is 1. The third-order valence-corrected chi connectivity index (χ3v) is 6.72. The van der Waals surface area contributed by atoms with E-state index in [1.54, 1.807) is 0 Å². The summed E-state index contributed by atoms with van der Waals surface area (Å²) in [6, 6.07) is 9.96. The van der Waals surface area contributed by atoms with Gasteiger partial charge in [-0.15, -0.1) is 0 Å². The molecule has 1 aliphatic heterocycles. The molecule has 9 heteroatoms. The van der Waals surface area contributed by atoms with E-state index in [9.17, 15) is 36.2 Å². The highest BCUT2D eigenvalue weighted by Gasteiger charge is 2.49. The Morgan fingerprint density at radius 3 is 1.88 bits per heavy atom. The van der Waals surface area contributed by atoms with E-state index in [4.69, 9.17) is 0 Å². The number of hydrogen-bond donors (Lipinski definition) is 1. The van der Waals surface area contributed by atoms with Crippen LogP contribution in [0.4, 0.5) is 26.3 Å². The van der Waals surface area contributed by atoms with E-state index in [1.165, 1.54) is 24.3 Å². The molecule has 0 radical (unpaired) electrons. The number of nitrogens with zero attached hydrogens (tertiary/aromatic N) is 1. The molecular formula is C24H23F6NO2. The molecule has 4 rings (SSSR count). The van der Waals surface area contributed by atoms with Gasteiger partial charge in [-0.1, -0.05) is 24.3 Å². The van der Waals surface area contributed by atoms with Gasteiger partial charge in [0.1, 0.15) is 0 Å². The van der Waals surface area contributed by atoms with Gasteiger partial charge in [0.05, 0.1) is 17.0 Å². The van der Waals surface area contributed by atoms with Crippen LogP contribution in [0.5, 0.6) is 0 Å². The first-order valence-corrected chi connectivity index (χ1v) is 10.7. The summed E-state index contributed by atoms with van der Waals surface area (Å²) >= 11 is 0. The topological polar surface area (TPSA) is 40.5 Å². The summed E-state index contributed by atoms with van der Waals surface area (Å²) in [5, 5.41) is 9.32. The highest BCUT2D eigenvalue weighted by atomic mass is 19.4. The van der Waals surface area contributed by atoms with Crippen LogP contribution >= 0.6 is 0 Å². The third-order valence-electron chi connectivity index (χ3n) is 6.72. The van der Waals surface area contributed by atoms with Crippen LogP contribution < -0.4 is 0 Å². The zero-order valence-electron chi connectivity index (χ0n) is 17.5. The number of piperidine rings is 1. The standard InChI is InChI=1S/C24H23F6NO2/c25-23(26,27)18-5-1-14(2-6-18)11-31-12-16(9-17(13-31)20-10-21(20)22(32)33)15-3-7-19(8-4-15)24(28,29)30/h1-8,16-17,20-21H,9-13H2,(H,32,33)/t16-,17-,20-,21?/m1/s1. The molecule has 2 fully saturated rings. The van der Waals surface area contributed by atoms with Crippen LogP contribution in [-0.2, 0) is 23.7 Å². The first-order valence-electron chi connectivity index (χ1n) is 10.7. The van der Waals surface area contributed by atoms with Gasteiger partial charge in [0.25, 0.3) is 0 Å². The fraction of sp³-hybridized carbons (Fsp3) is 0.458. The maximum absolute atomic E-state index is 12.9. The Balaban J connectivity index is 1.52. The van der Waals surface area contributed by atoms with Crippen LogP contribution in [0.15, 0.2) is 48.5 Å². The SMILES string of the molecule is O=C(O)C1C[C@@H]1[C@@H]1C[C@@H](c2ccc(C(F)(F)F)cc2)CN(Cc2ccc(C(F)(F)F)cc2)C1. The molecule has 1 unspecified atom stereocenters. The number of rotatable bonds is 5. The van der Waals surface area contributed by atoms with Gasteiger partial charge >= 0.3 is 18.3 Å². The number of carboxylic acid groups (broad SMARTS) is 1. The molecule has 1 saturated carbocycles. The van der Waals surface area contributed by atoms with Crippen molar-refractivity contribution in [2.24, 2.45) is 17.8 Å². The van der Waals surface area contributed by atoms with E-state index in [0.29, 0.717) is 38.0 Å². The fourth-order valence-corrected chi connectivity index (χ4v) is 4.93. The summed E-state index contributed by atoms with van der Waals surface area (Å²) < 4.78 is 77.3. The van der Waals surface area contributed by atoms with Crippen molar-refractivity contribution >= 4 is 5.97 Å². The Kier molecular flexibility index (Phi) is 6.20. The number of hydrogen-bond acceptors (Lipinski definition) is 2. The smallest absolute Gasteiger partial charge is 0.416 e. The van der Waals surface area contributed by atoms with Gasteiger partial charge in [-0.3, -0.25) is 9.69 Å². The van der Waals surface area contributed by atoms with Crippen molar-refractivity contribution in [1.29, 1.82) is 0 Å². The number of carboxylic acids is 1. The van der Waals surface area contributed by atoms with Crippen molar-refractivity contribution in [2.45, 2.75) is 37.7 Å². The van der Waals surface area contributed by atoms with Crippen molar-refractivity contribution < 1.29 is 36.2 Å². The van der Waals surface area contributed by atoms with E-state index >= 15 is 0 Å². The molecular weight excluding hydrogens is 448 g/mol. The first-order chi connectivity index (χ1) is 15.4. The molecule has 1 aliphatic carbocycles. The summed E-state index contributed by atoms with van der Waals surface area (Å²) in [5.74, 6) is -1.27. The average Bonchev–Trinajstić information content (AvgIpc) is 3.54. The van der Waals surface area contributed by atoms with Crippen LogP contribution in [0.25, 0.3) is 0 Å². The zero-order valence-corrected chi connectivity index (χ0v) is 17.5. The molecule has 2 aromatic rings. The zero-order chi connectivity index (χ0) is 24.0. The Bertz CT molecular complexity index is 984. The maximum Gasteiger partial charge on any atom is 0.416 e. The lowest BCUT2D eigenvalue weighted by Gasteiger charge is -2.38. The normalized spacial score (nSPS) is 26.2. The predicted molar refractivity (Wildman–Crippen MR) is 108 cm³/mol. The molecule has 33 heavy (non-hydrogen) atoms. The molecule has 3 nitrogen and oxygen atoms in total. The fourth-order valence-electron chi connectivity index (χ4n) is 4.93. The molecule has 0 amide bonds. The minimum Gasteiger partial charge on any atom is -0.481 e. The molecule has 1 N–H and O–H groups in total. The minimum absolute atomic E-state index is 0.00912. The lowest BCUT2D eigenvalue weighted by Crippen LogP contribution is -2.40. The lowest BCUT2D eigenvalue weighted by atomic mass is 9.81. The number of carbonyl (C=O) groups is 1. The summed E-state index contributed by atoms with van der Waals surface area (Å²) in [5.41, 5.74) is -0.0147. The third kappa shape index (κ3) is 5.51. The highest BCUT2D eigenvalue weighted by molar-refractivity contribution is 5.73. The van der Waals surface area contributed by atoms with E-state index in [1.807, 2.05) is 0 Å². The van der Waals surface area contributed by atoms with Gasteiger partial charge in [-0.2, -0.15) is 26.3 Å². The lowest BCUT2D eigenvalue weighted by molar-refractivity contribution is -0.139. The van der Waals surface area contributed by atoms with Crippen molar-refractivity contribution in [3.63, 3.8) is 0 Å². The van der Waals surface area contributed by atoms with E-state index in [0.717, 1.165) is 29.8 Å². The van der Waals surface area contributed by atoms with Crippen LogP contribution in [0.1, 0.15) is 41.0 Å². The second-order valence-electron chi connectivity index (χ2n) is 9.05. The van der Waals surface area contributed by atoms with Crippen LogP contribution in [0.3, 0.4) is 0 Å². The van der Waals surface area contributed by atoms with Crippen molar-refractivity contribution in [3.05, 3.63) is 70.8 Å². The van der Waals surface area contributed by atoms with Crippen molar-refractivity contribution in [1.82, 2.24) is 4.90 Å². The van der Waals surface area contributed by atoms with Gasteiger partial charge in [-0.05, 0) is 66.0 Å². The van der Waals surface area contributed by atoms with Crippen LogP contribution in [0.2, 0.25) is 0 Å². The predicted octanol–water partition coefficient (Wildman–Crippen LogP) is 6.05. The quantitative estimate of drug-likeness (QED) is 0.540. The van der Waals surface area contributed by atoms with Gasteiger partial charge in [0.2, 0.25) is 0 Å². The van der Waals surface area contributed by atoms with Gasteiger partial charge < -0.3 is 5.11 Å². The largest absolute Gasteiger partial charge is 0.481 e. The van der Waals surface area contributed by atoms with E-state index in [-0.39, 0.29) is 17.8 Å². The average molecular weight is 471 g/mol. The molecule has 2 aliphatic rings. The number of benzene rings is 2. The molecule has 0 bridgehead atoms. The van der Waals surface area contributed by atoms with E-state index in [2.05, 4.69) is 4.90 Å². The number of halogens is 6. The minimum atomic E-state index is -4.43. The molecule has 178 valence electrons. The van der Waals surface area contributed by atoms with Gasteiger partial charge in [0.15, 0.2) is 0 Å². The molecule has 1 heterocycles. The van der Waals surface area contributed by atoms with Crippen LogP contribution in [-0.4, -0.2) is 29.1 Å². The summed E-state index contributed by atoms with van der Waals surface area (Å²) in [6.07, 6.45) is -7.59. The Hall–Kier alpha value is -2.55. The van der Waals surface area contributed by atoms with Gasteiger partial charge in [-0.25, -0.2) is 0 Å². The van der Waals surface area contributed by atoms with E-state index < -0.39 is 35.4 Å². The second kappa shape index (κ2) is 8.66. The van der Waals surface area contributed by atoms with Gasteiger partial charge in [0, 0.05) is 19.6 Å². The molecule has 4 atom stereocenters. The second-order valence-corrected chi connectivity index (χ2v) is 9.05. The summed E-state index contributed by atoms with van der Waals surface area (Å²) in [6.45, 7) is 1.52. The first kappa shape index (κ1) is 23.6. The summed E-state index contributed by atoms with van der Waals surface area (Å²) in [4.78, 5) is 13.4. The number of alkyl halides is 6. The Morgan fingerprint density at radius 1 is 0.848 bits per heavy atom.